The summed E-state index contributed by atoms with van der Waals surface area (Å²) in [7, 11) is -1.92. The second-order valence-corrected chi connectivity index (χ2v) is 14.2. The Hall–Kier alpha value is -0.829. The summed E-state index contributed by atoms with van der Waals surface area (Å²) >= 11 is 0. The van der Waals surface area contributed by atoms with E-state index in [4.69, 9.17) is 0 Å². The van der Waals surface area contributed by atoms with Crippen molar-refractivity contribution in [3.05, 3.63) is 70.8 Å². The van der Waals surface area contributed by atoms with E-state index >= 15 is 0 Å². The minimum Gasteiger partial charge on any atom is -1.00 e. The number of halogens is 2. The molecule has 0 amide bonds. The van der Waals surface area contributed by atoms with E-state index in [0.29, 0.717) is 11.8 Å². The summed E-state index contributed by atoms with van der Waals surface area (Å²) in [5, 5.41) is 9.19. The minimum absolute atomic E-state index is 0. The van der Waals surface area contributed by atoms with Crippen molar-refractivity contribution in [3.63, 3.8) is 0 Å². The molecule has 0 unspecified atom stereocenters. The van der Waals surface area contributed by atoms with Crippen LogP contribution in [0, 0.1) is 13.8 Å². The SMILES string of the molecule is Cc1[cH-]c2cccc(C(C)C)c2c1[Si](C)(C)c1c(C)[cH-]c2cccc(C(C)C)c12.[Cl-].[Cl-].[Ti+4]. The van der Waals surface area contributed by atoms with Gasteiger partial charge in [-0.25, -0.2) is 0 Å². The Balaban J connectivity index is 0.00000171. The largest absolute Gasteiger partial charge is 4.00 e. The number of hydrogen-bond acceptors (Lipinski definition) is 0. The molecule has 0 aromatic heterocycles. The number of benzene rings is 2. The minimum atomic E-state index is -1.92. The van der Waals surface area contributed by atoms with E-state index in [2.05, 4.69) is 103 Å². The first-order valence-corrected chi connectivity index (χ1v) is 14.0. The molecular weight excluding hydrogens is 483 g/mol. The monoisotopic (exact) mass is 516 g/mol. The smallest absolute Gasteiger partial charge is 1.00 e. The summed E-state index contributed by atoms with van der Waals surface area (Å²) in [6, 6.07) is 18.6. The summed E-state index contributed by atoms with van der Waals surface area (Å²) in [5.74, 6) is 1.07. The van der Waals surface area contributed by atoms with Crippen LogP contribution in [-0.4, -0.2) is 8.07 Å². The first-order valence-electron chi connectivity index (χ1n) is 11.0. The summed E-state index contributed by atoms with van der Waals surface area (Å²) in [5.41, 5.74) is 5.95. The van der Waals surface area contributed by atoms with Crippen molar-refractivity contribution in [3.8, 4) is 0 Å². The van der Waals surface area contributed by atoms with Gasteiger partial charge >= 0.3 is 21.7 Å². The van der Waals surface area contributed by atoms with Crippen LogP contribution in [0.5, 0.6) is 0 Å². The third-order valence-electron chi connectivity index (χ3n) is 6.78. The fourth-order valence-electron chi connectivity index (χ4n) is 5.70. The van der Waals surface area contributed by atoms with Crippen LogP contribution in [0.4, 0.5) is 0 Å². The third kappa shape index (κ3) is 4.57. The van der Waals surface area contributed by atoms with E-state index in [9.17, 15) is 0 Å². The summed E-state index contributed by atoms with van der Waals surface area (Å²) in [6.45, 7) is 19.1. The molecule has 168 valence electrons. The molecule has 4 aromatic carbocycles. The third-order valence-corrected chi connectivity index (χ3v) is 10.6. The molecule has 0 aliphatic carbocycles. The van der Waals surface area contributed by atoms with E-state index in [1.165, 1.54) is 43.8 Å². The van der Waals surface area contributed by atoms with Gasteiger partial charge in [0.25, 0.3) is 0 Å². The quantitative estimate of drug-likeness (QED) is 0.281. The molecule has 0 heterocycles. The van der Waals surface area contributed by atoms with Crippen LogP contribution in [0.1, 0.15) is 61.8 Å². The molecule has 0 bridgehead atoms. The fraction of sp³-hybridized carbons (Fsp3) is 0.357. The van der Waals surface area contributed by atoms with Crippen LogP contribution in [-0.2, 0) is 21.7 Å². The predicted octanol–water partition coefficient (Wildman–Crippen LogP) is 1.12. The normalized spacial score (nSPS) is 11.6. The molecule has 0 aliphatic heterocycles. The molecule has 0 saturated carbocycles. The van der Waals surface area contributed by atoms with Gasteiger partial charge < -0.3 is 24.8 Å². The predicted molar refractivity (Wildman–Crippen MR) is 133 cm³/mol. The number of aryl methyl sites for hydroxylation is 2. The van der Waals surface area contributed by atoms with E-state index in [0.717, 1.165) is 0 Å². The van der Waals surface area contributed by atoms with Crippen molar-refractivity contribution < 1.29 is 46.5 Å². The first-order chi connectivity index (χ1) is 13.6. The zero-order valence-corrected chi connectivity index (χ0v) is 24.6. The van der Waals surface area contributed by atoms with Crippen molar-refractivity contribution in [2.45, 2.75) is 66.5 Å². The van der Waals surface area contributed by atoms with Crippen LogP contribution in [0.2, 0.25) is 13.1 Å². The van der Waals surface area contributed by atoms with Crippen molar-refractivity contribution in [1.82, 2.24) is 0 Å². The Morgan fingerprint density at radius 1 is 0.656 bits per heavy atom. The second kappa shape index (κ2) is 10.6. The average Bonchev–Trinajstić information content (AvgIpc) is 3.16. The van der Waals surface area contributed by atoms with Gasteiger partial charge in [0.1, 0.15) is 0 Å². The molecule has 4 rings (SSSR count). The first kappa shape index (κ1) is 29.2. The Labute approximate surface area is 222 Å². The van der Waals surface area contributed by atoms with Crippen molar-refractivity contribution in [1.29, 1.82) is 0 Å². The molecule has 0 nitrogen and oxygen atoms in total. The van der Waals surface area contributed by atoms with E-state index in [-0.39, 0.29) is 46.5 Å². The van der Waals surface area contributed by atoms with Gasteiger partial charge in [0.05, 0.1) is 0 Å². The Morgan fingerprint density at radius 3 is 1.31 bits per heavy atom. The van der Waals surface area contributed by atoms with Gasteiger partial charge in [-0.05, 0) is 11.8 Å². The summed E-state index contributed by atoms with van der Waals surface area (Å²) in [6.07, 6.45) is 0. The number of hydrogen-bond donors (Lipinski definition) is 0. The zero-order chi connectivity index (χ0) is 21.1. The molecule has 0 spiro atoms. The van der Waals surface area contributed by atoms with Crippen LogP contribution < -0.4 is 35.2 Å². The van der Waals surface area contributed by atoms with Gasteiger partial charge in [0, 0.05) is 8.07 Å². The molecule has 0 radical (unpaired) electrons. The maximum absolute atomic E-state index is 2.57. The van der Waals surface area contributed by atoms with Gasteiger partial charge in [0.15, 0.2) is 0 Å². The fourth-order valence-corrected chi connectivity index (χ4v) is 9.89. The molecule has 32 heavy (non-hydrogen) atoms. The molecule has 0 N–H and O–H groups in total. The van der Waals surface area contributed by atoms with Crippen molar-refractivity contribution in [2.24, 2.45) is 0 Å². The Morgan fingerprint density at radius 2 is 1.00 bits per heavy atom. The Kier molecular flexibility index (Phi) is 9.69. The summed E-state index contributed by atoms with van der Waals surface area (Å²) in [4.78, 5) is 0. The topological polar surface area (TPSA) is 0 Å². The van der Waals surface area contributed by atoms with Crippen LogP contribution in [0.25, 0.3) is 21.5 Å². The van der Waals surface area contributed by atoms with Crippen molar-refractivity contribution in [2.75, 3.05) is 0 Å². The van der Waals surface area contributed by atoms with E-state index in [1.807, 2.05) is 0 Å². The molecule has 0 saturated heterocycles. The van der Waals surface area contributed by atoms with Crippen LogP contribution >= 0.6 is 0 Å². The zero-order valence-electron chi connectivity index (χ0n) is 20.5. The number of rotatable bonds is 4. The maximum atomic E-state index is 2.57. The molecule has 0 aliphatic rings. The maximum Gasteiger partial charge on any atom is 4.00 e. The average molecular weight is 517 g/mol. The van der Waals surface area contributed by atoms with Gasteiger partial charge in [-0.3, -0.25) is 0 Å². The van der Waals surface area contributed by atoms with Gasteiger partial charge in [0.2, 0.25) is 0 Å². The Bertz CT molecular complexity index is 1120. The van der Waals surface area contributed by atoms with Gasteiger partial charge in [-0.1, -0.05) is 77.9 Å². The van der Waals surface area contributed by atoms with Crippen LogP contribution in [0.3, 0.4) is 0 Å². The van der Waals surface area contributed by atoms with Crippen LogP contribution in [0.15, 0.2) is 48.5 Å². The molecule has 4 aromatic rings. The van der Waals surface area contributed by atoms with E-state index in [1.54, 1.807) is 10.4 Å². The molecule has 0 fully saturated rings. The standard InChI is InChI=1S/C28H34Si.2ClH.Ti/c1-17(2)23-13-9-11-21-15-19(5)27(25(21)23)29(7,8)28-20(6)16-22-12-10-14-24(18(3)4)26(22)28;;;/h9-18H,1-8H3;2*1H;/q-2;;;+4/p-2. The van der Waals surface area contributed by atoms with E-state index < -0.39 is 8.07 Å². The molecule has 0 atom stereocenters. The van der Waals surface area contributed by atoms with Crippen molar-refractivity contribution >= 4 is 40.0 Å². The molecule has 4 heteroatoms. The molecular formula is C28H34Cl2SiTi. The van der Waals surface area contributed by atoms with Gasteiger partial charge in [-0.2, -0.15) is 10.4 Å². The summed E-state index contributed by atoms with van der Waals surface area (Å²) < 4.78 is 0. The second-order valence-electron chi connectivity index (χ2n) is 9.96. The number of fused-ring (bicyclic) bond motifs is 2. The van der Waals surface area contributed by atoms with Gasteiger partial charge in [-0.15, -0.1) is 69.1 Å².